The number of para-hydroxylation sites is 1. The third-order valence-corrected chi connectivity index (χ3v) is 2.04. The van der Waals surface area contributed by atoms with E-state index in [1.54, 1.807) is 37.3 Å². The SMILES string of the molecule is CCN(C(=O)CC(F)(F)F)c1ccccc1. The minimum Gasteiger partial charge on any atom is -0.312 e. The van der Waals surface area contributed by atoms with Crippen LogP contribution in [0, 0.1) is 0 Å². The number of alkyl halides is 3. The van der Waals surface area contributed by atoms with Gasteiger partial charge in [0.1, 0.15) is 6.42 Å². The molecule has 0 saturated carbocycles. The van der Waals surface area contributed by atoms with E-state index in [0.717, 1.165) is 4.90 Å². The van der Waals surface area contributed by atoms with Gasteiger partial charge in [-0.1, -0.05) is 18.2 Å². The smallest absolute Gasteiger partial charge is 0.312 e. The van der Waals surface area contributed by atoms with Crippen molar-refractivity contribution in [2.75, 3.05) is 11.4 Å². The average molecular weight is 231 g/mol. The van der Waals surface area contributed by atoms with Gasteiger partial charge in [0.15, 0.2) is 0 Å². The standard InChI is InChI=1S/C11H12F3NO/c1-2-15(9-6-4-3-5-7-9)10(16)8-11(12,13)14/h3-7H,2,8H2,1H3. The van der Waals surface area contributed by atoms with Gasteiger partial charge in [-0.15, -0.1) is 0 Å². The Bertz CT molecular complexity index is 348. The summed E-state index contributed by atoms with van der Waals surface area (Å²) < 4.78 is 36.2. The number of carbonyl (C=O) groups excluding carboxylic acids is 1. The van der Waals surface area contributed by atoms with E-state index in [9.17, 15) is 18.0 Å². The fourth-order valence-corrected chi connectivity index (χ4v) is 1.38. The van der Waals surface area contributed by atoms with Gasteiger partial charge in [-0.25, -0.2) is 0 Å². The van der Waals surface area contributed by atoms with Crippen molar-refractivity contribution in [1.82, 2.24) is 0 Å². The van der Waals surface area contributed by atoms with Crippen molar-refractivity contribution in [3.63, 3.8) is 0 Å². The summed E-state index contributed by atoms with van der Waals surface area (Å²) in [5.74, 6) is -0.929. The molecule has 88 valence electrons. The van der Waals surface area contributed by atoms with Crippen LogP contribution in [-0.2, 0) is 4.79 Å². The number of rotatable bonds is 3. The summed E-state index contributed by atoms with van der Waals surface area (Å²) in [4.78, 5) is 12.5. The molecule has 0 bridgehead atoms. The molecule has 1 rings (SSSR count). The molecule has 0 aliphatic heterocycles. The van der Waals surface area contributed by atoms with Crippen molar-refractivity contribution in [3.8, 4) is 0 Å². The molecular weight excluding hydrogens is 219 g/mol. The van der Waals surface area contributed by atoms with E-state index in [1.807, 2.05) is 0 Å². The molecule has 0 N–H and O–H groups in total. The van der Waals surface area contributed by atoms with Gasteiger partial charge >= 0.3 is 6.18 Å². The summed E-state index contributed by atoms with van der Waals surface area (Å²) in [5, 5.41) is 0. The second kappa shape index (κ2) is 5.01. The zero-order valence-electron chi connectivity index (χ0n) is 8.79. The molecule has 1 aromatic carbocycles. The summed E-state index contributed by atoms with van der Waals surface area (Å²) >= 11 is 0. The van der Waals surface area contributed by atoms with E-state index in [2.05, 4.69) is 0 Å². The second-order valence-corrected chi connectivity index (χ2v) is 3.27. The molecule has 2 nitrogen and oxygen atoms in total. The minimum atomic E-state index is -4.46. The largest absolute Gasteiger partial charge is 0.397 e. The maximum atomic E-state index is 12.1. The van der Waals surface area contributed by atoms with Gasteiger partial charge in [-0.2, -0.15) is 13.2 Å². The van der Waals surface area contributed by atoms with Gasteiger partial charge < -0.3 is 4.90 Å². The van der Waals surface area contributed by atoms with Gasteiger partial charge in [0, 0.05) is 12.2 Å². The molecule has 5 heteroatoms. The molecule has 1 amide bonds. The maximum absolute atomic E-state index is 12.1. The molecule has 0 atom stereocenters. The summed E-state index contributed by atoms with van der Waals surface area (Å²) in [5.41, 5.74) is 0.485. The number of nitrogens with zero attached hydrogens (tertiary/aromatic N) is 1. The van der Waals surface area contributed by atoms with Crippen LogP contribution in [0.1, 0.15) is 13.3 Å². The van der Waals surface area contributed by atoms with Gasteiger partial charge in [0.25, 0.3) is 0 Å². The predicted octanol–water partition coefficient (Wildman–Crippen LogP) is 2.99. The fraction of sp³-hybridized carbons (Fsp3) is 0.364. The Hall–Kier alpha value is -1.52. The lowest BCUT2D eigenvalue weighted by molar-refractivity contribution is -0.151. The van der Waals surface area contributed by atoms with Gasteiger partial charge in [0.2, 0.25) is 5.91 Å². The second-order valence-electron chi connectivity index (χ2n) is 3.27. The van der Waals surface area contributed by atoms with E-state index >= 15 is 0 Å². The summed E-state index contributed by atoms with van der Waals surface area (Å²) in [7, 11) is 0. The van der Waals surface area contributed by atoms with Crippen LogP contribution in [0.4, 0.5) is 18.9 Å². The van der Waals surface area contributed by atoms with Crippen LogP contribution in [0.3, 0.4) is 0 Å². The molecule has 0 heterocycles. The van der Waals surface area contributed by atoms with Crippen LogP contribution in [0.5, 0.6) is 0 Å². The highest BCUT2D eigenvalue weighted by Crippen LogP contribution is 2.23. The number of halogens is 3. The van der Waals surface area contributed by atoms with Crippen molar-refractivity contribution in [2.45, 2.75) is 19.5 Å². The highest BCUT2D eigenvalue weighted by molar-refractivity contribution is 5.93. The van der Waals surface area contributed by atoms with Gasteiger partial charge in [0.05, 0.1) is 0 Å². The van der Waals surface area contributed by atoms with Crippen molar-refractivity contribution in [2.24, 2.45) is 0 Å². The molecule has 0 aromatic heterocycles. The van der Waals surface area contributed by atoms with Crippen molar-refractivity contribution in [1.29, 1.82) is 0 Å². The van der Waals surface area contributed by atoms with Crippen molar-refractivity contribution >= 4 is 11.6 Å². The number of anilines is 1. The molecule has 0 radical (unpaired) electrons. The lowest BCUT2D eigenvalue weighted by Crippen LogP contribution is -2.33. The lowest BCUT2D eigenvalue weighted by atomic mass is 10.2. The first-order valence-corrected chi connectivity index (χ1v) is 4.86. The van der Waals surface area contributed by atoms with Crippen LogP contribution in [0.2, 0.25) is 0 Å². The third-order valence-electron chi connectivity index (χ3n) is 2.04. The van der Waals surface area contributed by atoms with Crippen LogP contribution in [0.25, 0.3) is 0 Å². The first-order valence-electron chi connectivity index (χ1n) is 4.86. The number of hydrogen-bond acceptors (Lipinski definition) is 1. The van der Waals surface area contributed by atoms with E-state index < -0.39 is 18.5 Å². The highest BCUT2D eigenvalue weighted by atomic mass is 19.4. The average Bonchev–Trinajstić information content (AvgIpc) is 2.17. The first-order chi connectivity index (χ1) is 7.44. The quantitative estimate of drug-likeness (QED) is 0.783. The first kappa shape index (κ1) is 12.5. The van der Waals surface area contributed by atoms with Crippen molar-refractivity contribution in [3.05, 3.63) is 30.3 Å². The van der Waals surface area contributed by atoms with E-state index in [1.165, 1.54) is 0 Å². The number of benzene rings is 1. The molecule has 0 spiro atoms. The molecule has 1 aromatic rings. The van der Waals surface area contributed by atoms with Gasteiger partial charge in [-0.05, 0) is 19.1 Å². The van der Waals surface area contributed by atoms with Gasteiger partial charge in [-0.3, -0.25) is 4.79 Å². The molecule has 0 unspecified atom stereocenters. The molecule has 0 saturated heterocycles. The summed E-state index contributed by atoms with van der Waals surface area (Å²) in [6, 6.07) is 8.32. The normalized spacial score (nSPS) is 11.2. The van der Waals surface area contributed by atoms with Crippen molar-refractivity contribution < 1.29 is 18.0 Å². The molecule has 0 aliphatic carbocycles. The summed E-state index contributed by atoms with van der Waals surface area (Å²) in [6.07, 6.45) is -5.88. The third kappa shape index (κ3) is 3.56. The van der Waals surface area contributed by atoms with E-state index in [4.69, 9.17) is 0 Å². The molecular formula is C11H12F3NO. The Labute approximate surface area is 91.7 Å². The van der Waals surface area contributed by atoms with Crippen LogP contribution < -0.4 is 4.90 Å². The Morgan fingerprint density at radius 2 is 1.81 bits per heavy atom. The molecule has 0 fully saturated rings. The molecule has 16 heavy (non-hydrogen) atoms. The Morgan fingerprint density at radius 3 is 2.25 bits per heavy atom. The van der Waals surface area contributed by atoms with Crippen LogP contribution >= 0.6 is 0 Å². The Balaban J connectivity index is 2.80. The zero-order valence-corrected chi connectivity index (χ0v) is 8.79. The number of amides is 1. The fourth-order valence-electron chi connectivity index (χ4n) is 1.38. The topological polar surface area (TPSA) is 20.3 Å². The zero-order chi connectivity index (χ0) is 12.2. The lowest BCUT2D eigenvalue weighted by Gasteiger charge is -2.21. The minimum absolute atomic E-state index is 0.221. The van der Waals surface area contributed by atoms with Crippen LogP contribution in [-0.4, -0.2) is 18.6 Å². The number of hydrogen-bond donors (Lipinski definition) is 0. The Morgan fingerprint density at radius 1 is 1.25 bits per heavy atom. The Kier molecular flexibility index (Phi) is 3.93. The predicted molar refractivity (Wildman–Crippen MR) is 55.1 cm³/mol. The van der Waals surface area contributed by atoms with E-state index in [-0.39, 0.29) is 6.54 Å². The summed E-state index contributed by atoms with van der Waals surface area (Å²) in [6.45, 7) is 1.86. The van der Waals surface area contributed by atoms with E-state index in [0.29, 0.717) is 5.69 Å². The number of carbonyl (C=O) groups is 1. The molecule has 0 aliphatic rings. The van der Waals surface area contributed by atoms with Crippen LogP contribution in [0.15, 0.2) is 30.3 Å². The highest BCUT2D eigenvalue weighted by Gasteiger charge is 2.33. The maximum Gasteiger partial charge on any atom is 0.397 e. The monoisotopic (exact) mass is 231 g/mol.